The molecular weight excluding hydrogens is 348 g/mol. The van der Waals surface area contributed by atoms with Gasteiger partial charge in [-0.3, -0.25) is 9.89 Å². The van der Waals surface area contributed by atoms with Gasteiger partial charge >= 0.3 is 0 Å². The number of carbonyl (C=O) groups excluding carboxylic acids is 1. The first-order valence-electron chi connectivity index (χ1n) is 8.70. The third-order valence-corrected chi connectivity index (χ3v) is 5.24. The van der Waals surface area contributed by atoms with E-state index < -0.39 is 0 Å². The topological polar surface area (TPSA) is 78.0 Å². The van der Waals surface area contributed by atoms with Gasteiger partial charge in [0.15, 0.2) is 5.82 Å². The first-order chi connectivity index (χ1) is 12.8. The summed E-state index contributed by atoms with van der Waals surface area (Å²) in [5.41, 5.74) is 1.88. The number of amides is 1. The molecule has 1 amide bonds. The van der Waals surface area contributed by atoms with Crippen molar-refractivity contribution in [3.63, 3.8) is 0 Å². The Hall–Kier alpha value is -2.74. The van der Waals surface area contributed by atoms with Crippen molar-refractivity contribution in [3.05, 3.63) is 48.3 Å². The predicted octanol–water partition coefficient (Wildman–Crippen LogP) is 2.21. The largest absolute Gasteiger partial charge is 0.345 e. The minimum Gasteiger partial charge on any atom is -0.345 e. The minimum absolute atomic E-state index is 0.137. The Morgan fingerprint density at radius 1 is 1.12 bits per heavy atom. The lowest BCUT2D eigenvalue weighted by atomic mass is 10.2. The molecule has 0 saturated carbocycles. The van der Waals surface area contributed by atoms with Crippen LogP contribution in [0.2, 0.25) is 0 Å². The number of hydrogen-bond donors (Lipinski definition) is 1. The van der Waals surface area contributed by atoms with E-state index in [1.807, 2.05) is 41.3 Å². The molecule has 8 heteroatoms. The van der Waals surface area contributed by atoms with Gasteiger partial charge in [0.2, 0.25) is 11.0 Å². The van der Waals surface area contributed by atoms with Crippen LogP contribution in [0.1, 0.15) is 12.1 Å². The Kier molecular flexibility index (Phi) is 4.92. The molecule has 1 aliphatic heterocycles. The SMILES string of the molecule is O=C(Cc1ccn[nH]1)N1CCCN(c2nc(-c3ccccc3)ns2)CC1. The van der Waals surface area contributed by atoms with Crippen molar-refractivity contribution in [3.8, 4) is 11.4 Å². The first kappa shape index (κ1) is 16.7. The number of aromatic nitrogens is 4. The molecule has 134 valence electrons. The normalized spacial score (nSPS) is 15.1. The molecule has 0 bridgehead atoms. The molecule has 0 radical (unpaired) electrons. The van der Waals surface area contributed by atoms with Crippen LogP contribution in [0.5, 0.6) is 0 Å². The number of nitrogens with one attached hydrogen (secondary N) is 1. The van der Waals surface area contributed by atoms with E-state index in [1.165, 1.54) is 11.5 Å². The average Bonchev–Trinajstić information content (AvgIpc) is 3.30. The lowest BCUT2D eigenvalue weighted by Crippen LogP contribution is -2.36. The van der Waals surface area contributed by atoms with Gasteiger partial charge in [-0.05, 0) is 12.5 Å². The van der Waals surface area contributed by atoms with E-state index in [-0.39, 0.29) is 5.91 Å². The van der Waals surface area contributed by atoms with Crippen LogP contribution in [0.4, 0.5) is 5.13 Å². The molecular formula is C18H20N6OS. The van der Waals surface area contributed by atoms with Gasteiger partial charge in [-0.25, -0.2) is 0 Å². The fourth-order valence-electron chi connectivity index (χ4n) is 3.06. The Morgan fingerprint density at radius 2 is 2.00 bits per heavy atom. The highest BCUT2D eigenvalue weighted by Gasteiger charge is 2.21. The van der Waals surface area contributed by atoms with Crippen LogP contribution in [-0.2, 0) is 11.2 Å². The summed E-state index contributed by atoms with van der Waals surface area (Å²) in [5.74, 6) is 0.903. The molecule has 3 heterocycles. The van der Waals surface area contributed by atoms with Gasteiger partial charge in [-0.2, -0.15) is 14.5 Å². The molecule has 0 atom stereocenters. The van der Waals surface area contributed by atoms with Crippen LogP contribution < -0.4 is 4.90 Å². The van der Waals surface area contributed by atoms with Gasteiger partial charge in [0, 0.05) is 55.2 Å². The summed E-state index contributed by atoms with van der Waals surface area (Å²) in [5, 5.41) is 7.67. The summed E-state index contributed by atoms with van der Waals surface area (Å²) in [6.07, 6.45) is 2.97. The number of hydrogen-bond acceptors (Lipinski definition) is 6. The average molecular weight is 368 g/mol. The van der Waals surface area contributed by atoms with E-state index in [2.05, 4.69) is 19.5 Å². The molecule has 0 aliphatic carbocycles. The summed E-state index contributed by atoms with van der Waals surface area (Å²) in [6.45, 7) is 3.14. The fourth-order valence-corrected chi connectivity index (χ4v) is 3.80. The number of anilines is 1. The zero-order chi connectivity index (χ0) is 17.8. The van der Waals surface area contributed by atoms with Gasteiger partial charge in [0.1, 0.15) is 0 Å². The number of rotatable bonds is 4. The van der Waals surface area contributed by atoms with Crippen LogP contribution in [0.25, 0.3) is 11.4 Å². The quantitative estimate of drug-likeness (QED) is 0.764. The molecule has 26 heavy (non-hydrogen) atoms. The van der Waals surface area contributed by atoms with Gasteiger partial charge < -0.3 is 9.80 Å². The number of nitrogens with zero attached hydrogens (tertiary/aromatic N) is 5. The van der Waals surface area contributed by atoms with E-state index >= 15 is 0 Å². The molecule has 0 unspecified atom stereocenters. The third kappa shape index (κ3) is 3.75. The van der Waals surface area contributed by atoms with Crippen molar-refractivity contribution in [2.24, 2.45) is 0 Å². The van der Waals surface area contributed by atoms with E-state index in [0.717, 1.165) is 48.3 Å². The van der Waals surface area contributed by atoms with Crippen LogP contribution >= 0.6 is 11.5 Å². The molecule has 1 aromatic carbocycles. The van der Waals surface area contributed by atoms with Crippen molar-refractivity contribution in [2.45, 2.75) is 12.8 Å². The van der Waals surface area contributed by atoms with Crippen molar-refractivity contribution < 1.29 is 4.79 Å². The molecule has 1 aliphatic rings. The Labute approximate surface area is 155 Å². The summed E-state index contributed by atoms with van der Waals surface area (Å²) < 4.78 is 4.49. The fraction of sp³-hybridized carbons (Fsp3) is 0.333. The van der Waals surface area contributed by atoms with E-state index in [9.17, 15) is 4.79 Å². The third-order valence-electron chi connectivity index (χ3n) is 4.47. The second kappa shape index (κ2) is 7.65. The highest BCUT2D eigenvalue weighted by atomic mass is 32.1. The van der Waals surface area contributed by atoms with E-state index in [1.54, 1.807) is 6.20 Å². The van der Waals surface area contributed by atoms with Crippen molar-refractivity contribution in [1.82, 2.24) is 24.5 Å². The highest BCUT2D eigenvalue weighted by Crippen LogP contribution is 2.24. The summed E-state index contributed by atoms with van der Waals surface area (Å²) in [6, 6.07) is 11.8. The highest BCUT2D eigenvalue weighted by molar-refractivity contribution is 7.09. The second-order valence-corrected chi connectivity index (χ2v) is 6.98. The van der Waals surface area contributed by atoms with Gasteiger partial charge in [0.25, 0.3) is 0 Å². The second-order valence-electron chi connectivity index (χ2n) is 6.25. The maximum atomic E-state index is 12.5. The minimum atomic E-state index is 0.137. The van der Waals surface area contributed by atoms with E-state index in [4.69, 9.17) is 4.98 Å². The smallest absolute Gasteiger partial charge is 0.228 e. The van der Waals surface area contributed by atoms with Crippen molar-refractivity contribution in [2.75, 3.05) is 31.1 Å². The van der Waals surface area contributed by atoms with E-state index in [0.29, 0.717) is 13.0 Å². The molecule has 1 saturated heterocycles. The lowest BCUT2D eigenvalue weighted by Gasteiger charge is -2.21. The number of H-pyrrole nitrogens is 1. The lowest BCUT2D eigenvalue weighted by molar-refractivity contribution is -0.130. The predicted molar refractivity (Wildman–Crippen MR) is 101 cm³/mol. The number of carbonyl (C=O) groups is 1. The molecule has 0 spiro atoms. The molecule has 1 N–H and O–H groups in total. The van der Waals surface area contributed by atoms with Crippen molar-refractivity contribution in [1.29, 1.82) is 0 Å². The van der Waals surface area contributed by atoms with Crippen LogP contribution in [0, 0.1) is 0 Å². The first-order valence-corrected chi connectivity index (χ1v) is 9.47. The van der Waals surface area contributed by atoms with Crippen molar-refractivity contribution >= 4 is 22.6 Å². The zero-order valence-electron chi connectivity index (χ0n) is 14.3. The monoisotopic (exact) mass is 368 g/mol. The standard InChI is InChI=1S/C18H20N6OS/c25-16(13-15-7-8-19-21-15)23-9-4-10-24(12-11-23)18-20-17(22-26-18)14-5-2-1-3-6-14/h1-3,5-8H,4,9-13H2,(H,19,21). The zero-order valence-corrected chi connectivity index (χ0v) is 15.2. The number of benzene rings is 1. The molecule has 1 fully saturated rings. The maximum Gasteiger partial charge on any atom is 0.228 e. The molecule has 3 aromatic rings. The molecule has 4 rings (SSSR count). The Morgan fingerprint density at radius 3 is 2.81 bits per heavy atom. The Bertz CT molecular complexity index is 848. The molecule has 2 aromatic heterocycles. The van der Waals surface area contributed by atoms with Gasteiger partial charge in [0.05, 0.1) is 6.42 Å². The van der Waals surface area contributed by atoms with Crippen LogP contribution in [0.3, 0.4) is 0 Å². The van der Waals surface area contributed by atoms with Crippen LogP contribution in [-0.4, -0.2) is 56.5 Å². The van der Waals surface area contributed by atoms with Crippen LogP contribution in [0.15, 0.2) is 42.6 Å². The molecule has 7 nitrogen and oxygen atoms in total. The van der Waals surface area contributed by atoms with Gasteiger partial charge in [-0.15, -0.1) is 0 Å². The van der Waals surface area contributed by atoms with Gasteiger partial charge in [-0.1, -0.05) is 30.3 Å². The maximum absolute atomic E-state index is 12.5. The Balaban J connectivity index is 1.39. The number of aromatic amines is 1. The summed E-state index contributed by atoms with van der Waals surface area (Å²) >= 11 is 1.42. The summed E-state index contributed by atoms with van der Waals surface area (Å²) in [4.78, 5) is 21.3. The summed E-state index contributed by atoms with van der Waals surface area (Å²) in [7, 11) is 0.